The lowest BCUT2D eigenvalue weighted by atomic mass is 10.3. The van der Waals surface area contributed by atoms with E-state index in [0.29, 0.717) is 16.6 Å². The maximum absolute atomic E-state index is 12.1. The third kappa shape index (κ3) is 2.89. The lowest BCUT2D eigenvalue weighted by molar-refractivity contribution is 0.602. The van der Waals surface area contributed by atoms with E-state index >= 15 is 0 Å². The van der Waals surface area contributed by atoms with E-state index in [1.165, 1.54) is 11.3 Å². The quantitative estimate of drug-likeness (QED) is 0.860. The van der Waals surface area contributed by atoms with E-state index in [1.54, 1.807) is 30.1 Å². The van der Waals surface area contributed by atoms with Crippen LogP contribution in [0.2, 0.25) is 0 Å². The molecule has 8 heteroatoms. The van der Waals surface area contributed by atoms with Crippen LogP contribution < -0.4 is 10.0 Å². The van der Waals surface area contributed by atoms with Gasteiger partial charge >= 0.3 is 0 Å². The van der Waals surface area contributed by atoms with Gasteiger partial charge in [-0.25, -0.2) is 8.42 Å². The molecule has 2 aromatic rings. The topological polar surface area (TPSA) is 76.0 Å². The minimum Gasteiger partial charge on any atom is -0.316 e. The fourth-order valence-electron chi connectivity index (χ4n) is 1.45. The second-order valence-electron chi connectivity index (χ2n) is 3.78. The van der Waals surface area contributed by atoms with Crippen LogP contribution >= 0.6 is 11.3 Å². The van der Waals surface area contributed by atoms with E-state index in [1.807, 2.05) is 12.4 Å². The summed E-state index contributed by atoms with van der Waals surface area (Å²) >= 11 is 1.20. The van der Waals surface area contributed by atoms with Crippen LogP contribution in [0.4, 0.5) is 5.82 Å². The second kappa shape index (κ2) is 5.09. The normalized spacial score (nSPS) is 11.7. The Labute approximate surface area is 110 Å². The number of anilines is 1. The Bertz CT molecular complexity index is 630. The van der Waals surface area contributed by atoms with Gasteiger partial charge in [-0.15, -0.1) is 11.3 Å². The Morgan fingerprint density at radius 3 is 2.89 bits per heavy atom. The van der Waals surface area contributed by atoms with E-state index in [0.717, 1.165) is 5.56 Å². The standard InChI is InChI=1S/C10H14N4O2S2/c1-11-6-8-5-10(17-7-8)18(15,16)13-9-3-4-14(2)12-9/h3-5,7,11H,6H2,1-2H3,(H,12,13). The third-order valence-electron chi connectivity index (χ3n) is 2.23. The summed E-state index contributed by atoms with van der Waals surface area (Å²) in [5, 5.41) is 8.78. The highest BCUT2D eigenvalue weighted by Gasteiger charge is 2.17. The van der Waals surface area contributed by atoms with Crippen molar-refractivity contribution in [2.24, 2.45) is 7.05 Å². The molecule has 2 heterocycles. The average Bonchev–Trinajstić information content (AvgIpc) is 2.88. The first-order valence-corrected chi connectivity index (χ1v) is 7.62. The lowest BCUT2D eigenvalue weighted by Crippen LogP contribution is -2.12. The van der Waals surface area contributed by atoms with Gasteiger partial charge in [-0.2, -0.15) is 5.10 Å². The fourth-order valence-corrected chi connectivity index (χ4v) is 3.65. The smallest absolute Gasteiger partial charge is 0.272 e. The number of aryl methyl sites for hydroxylation is 1. The Morgan fingerprint density at radius 2 is 2.28 bits per heavy atom. The Hall–Kier alpha value is -1.38. The van der Waals surface area contributed by atoms with Crippen LogP contribution in [0.5, 0.6) is 0 Å². The molecule has 0 amide bonds. The van der Waals surface area contributed by atoms with Crippen LogP contribution in [-0.4, -0.2) is 25.2 Å². The molecule has 0 unspecified atom stereocenters. The van der Waals surface area contributed by atoms with Gasteiger partial charge in [-0.3, -0.25) is 9.40 Å². The Balaban J connectivity index is 2.19. The van der Waals surface area contributed by atoms with Crippen LogP contribution in [0.1, 0.15) is 5.56 Å². The third-order valence-corrected chi connectivity index (χ3v) is 5.07. The van der Waals surface area contributed by atoms with Crippen molar-refractivity contribution in [3.63, 3.8) is 0 Å². The summed E-state index contributed by atoms with van der Waals surface area (Å²) in [6.45, 7) is 0.648. The fraction of sp³-hybridized carbons (Fsp3) is 0.300. The minimum atomic E-state index is -3.53. The van der Waals surface area contributed by atoms with E-state index < -0.39 is 10.0 Å². The molecule has 0 bridgehead atoms. The first-order valence-electron chi connectivity index (χ1n) is 5.26. The van der Waals surface area contributed by atoms with Crippen molar-refractivity contribution >= 4 is 27.2 Å². The van der Waals surface area contributed by atoms with Crippen LogP contribution in [0.15, 0.2) is 27.9 Å². The molecule has 2 rings (SSSR count). The van der Waals surface area contributed by atoms with Crippen LogP contribution in [0.3, 0.4) is 0 Å². The molecule has 0 radical (unpaired) electrons. The molecule has 0 spiro atoms. The molecule has 0 aliphatic rings. The van der Waals surface area contributed by atoms with E-state index in [2.05, 4.69) is 15.1 Å². The lowest BCUT2D eigenvalue weighted by Gasteiger charge is -2.02. The van der Waals surface area contributed by atoms with Crippen molar-refractivity contribution in [2.75, 3.05) is 11.8 Å². The molecule has 0 atom stereocenters. The summed E-state index contributed by atoms with van der Waals surface area (Å²) in [7, 11) is 0.0150. The zero-order valence-electron chi connectivity index (χ0n) is 10.0. The number of thiophene rings is 1. The largest absolute Gasteiger partial charge is 0.316 e. The van der Waals surface area contributed by atoms with Gasteiger partial charge in [-0.05, 0) is 24.1 Å². The number of hydrogen-bond donors (Lipinski definition) is 2. The van der Waals surface area contributed by atoms with Gasteiger partial charge in [0.05, 0.1) is 0 Å². The molecule has 0 fully saturated rings. The summed E-state index contributed by atoms with van der Waals surface area (Å²) in [4.78, 5) is 0. The molecule has 0 saturated carbocycles. The van der Waals surface area contributed by atoms with Crippen molar-refractivity contribution in [1.29, 1.82) is 0 Å². The zero-order valence-corrected chi connectivity index (χ0v) is 11.7. The Kier molecular flexibility index (Phi) is 3.69. The predicted octanol–water partition coefficient (Wildman–Crippen LogP) is 1.00. The molecule has 2 N–H and O–H groups in total. The molecule has 2 aromatic heterocycles. The van der Waals surface area contributed by atoms with Crippen molar-refractivity contribution in [1.82, 2.24) is 15.1 Å². The van der Waals surface area contributed by atoms with E-state index in [-0.39, 0.29) is 0 Å². The first-order chi connectivity index (χ1) is 8.51. The number of aromatic nitrogens is 2. The van der Waals surface area contributed by atoms with Gasteiger partial charge in [-0.1, -0.05) is 0 Å². The van der Waals surface area contributed by atoms with Crippen LogP contribution in [0, 0.1) is 0 Å². The van der Waals surface area contributed by atoms with Gasteiger partial charge in [0.1, 0.15) is 4.21 Å². The van der Waals surface area contributed by atoms with Crippen molar-refractivity contribution in [3.05, 3.63) is 29.3 Å². The van der Waals surface area contributed by atoms with Crippen molar-refractivity contribution < 1.29 is 8.42 Å². The summed E-state index contributed by atoms with van der Waals surface area (Å²) < 4.78 is 28.4. The summed E-state index contributed by atoms with van der Waals surface area (Å²) in [6.07, 6.45) is 1.68. The summed E-state index contributed by atoms with van der Waals surface area (Å²) in [5.41, 5.74) is 0.948. The molecule has 0 aromatic carbocycles. The molecule has 0 saturated heterocycles. The van der Waals surface area contributed by atoms with Gasteiger partial charge in [0.25, 0.3) is 10.0 Å². The predicted molar refractivity (Wildman–Crippen MR) is 71.1 cm³/mol. The average molecular weight is 286 g/mol. The molecule has 6 nitrogen and oxygen atoms in total. The summed E-state index contributed by atoms with van der Waals surface area (Å²) in [6, 6.07) is 3.27. The van der Waals surface area contributed by atoms with Crippen molar-refractivity contribution in [2.45, 2.75) is 10.8 Å². The van der Waals surface area contributed by atoms with E-state index in [9.17, 15) is 8.42 Å². The monoisotopic (exact) mass is 286 g/mol. The SMILES string of the molecule is CNCc1csc(S(=O)(=O)Nc2ccn(C)n2)c1. The number of hydrogen-bond acceptors (Lipinski definition) is 5. The number of nitrogens with zero attached hydrogens (tertiary/aromatic N) is 2. The van der Waals surface area contributed by atoms with Crippen molar-refractivity contribution in [3.8, 4) is 0 Å². The highest BCUT2D eigenvalue weighted by atomic mass is 32.2. The van der Waals surface area contributed by atoms with Gasteiger partial charge in [0, 0.05) is 25.9 Å². The molecule has 18 heavy (non-hydrogen) atoms. The van der Waals surface area contributed by atoms with Gasteiger partial charge < -0.3 is 5.32 Å². The molecule has 0 aliphatic carbocycles. The number of nitrogens with one attached hydrogen (secondary N) is 2. The van der Waals surface area contributed by atoms with Crippen LogP contribution in [0.25, 0.3) is 0 Å². The van der Waals surface area contributed by atoms with Crippen LogP contribution in [-0.2, 0) is 23.6 Å². The first kappa shape index (κ1) is 13.1. The molecular formula is C10H14N4O2S2. The number of rotatable bonds is 5. The summed E-state index contributed by atoms with van der Waals surface area (Å²) in [5.74, 6) is 0.320. The van der Waals surface area contributed by atoms with E-state index in [4.69, 9.17) is 0 Å². The maximum atomic E-state index is 12.1. The second-order valence-corrected chi connectivity index (χ2v) is 6.60. The molecule has 0 aliphatic heterocycles. The maximum Gasteiger partial charge on any atom is 0.272 e. The van der Waals surface area contributed by atoms with Gasteiger partial charge in [0.2, 0.25) is 0 Å². The molecule has 98 valence electrons. The minimum absolute atomic E-state index is 0.290. The number of sulfonamides is 1. The zero-order chi connectivity index (χ0) is 13.2. The van der Waals surface area contributed by atoms with Gasteiger partial charge in [0.15, 0.2) is 5.82 Å². The Morgan fingerprint density at radius 1 is 1.50 bits per heavy atom. The molecular weight excluding hydrogens is 272 g/mol. The highest BCUT2D eigenvalue weighted by molar-refractivity contribution is 7.94. The highest BCUT2D eigenvalue weighted by Crippen LogP contribution is 2.22.